The zero-order chi connectivity index (χ0) is 12.7. The molecule has 0 unspecified atom stereocenters. The zero-order valence-electron chi connectivity index (χ0n) is 11.7. The maximum Gasteiger partial charge on any atom is 0.226 e. The number of nitrogens with one attached hydrogen (secondary N) is 1. The Labute approximate surface area is 110 Å². The Balaban J connectivity index is 1.67. The molecule has 1 amide bonds. The lowest BCUT2D eigenvalue weighted by Gasteiger charge is -2.54. The predicted octanol–water partition coefficient (Wildman–Crippen LogP) is 1.74. The van der Waals surface area contributed by atoms with Crippen LogP contribution in [0.3, 0.4) is 0 Å². The zero-order valence-corrected chi connectivity index (χ0v) is 11.7. The first-order valence-corrected chi connectivity index (χ1v) is 7.58. The second-order valence-corrected chi connectivity index (χ2v) is 6.82. The SMILES string of the molecule is CNCCN(C)C(=O)C1C2CC3CC(C2)CC1C3. The van der Waals surface area contributed by atoms with Gasteiger partial charge in [0.15, 0.2) is 0 Å². The number of hydrogen-bond donors (Lipinski definition) is 1. The van der Waals surface area contributed by atoms with Gasteiger partial charge in [-0.3, -0.25) is 4.79 Å². The summed E-state index contributed by atoms with van der Waals surface area (Å²) in [5.41, 5.74) is 0. The first kappa shape index (κ1) is 12.5. The quantitative estimate of drug-likeness (QED) is 0.824. The van der Waals surface area contributed by atoms with Gasteiger partial charge in [-0.1, -0.05) is 0 Å². The number of rotatable bonds is 4. The van der Waals surface area contributed by atoms with Crippen LogP contribution in [0.1, 0.15) is 32.1 Å². The van der Waals surface area contributed by atoms with Gasteiger partial charge in [-0.05, 0) is 62.8 Å². The fourth-order valence-corrected chi connectivity index (χ4v) is 4.97. The molecule has 4 aliphatic carbocycles. The van der Waals surface area contributed by atoms with Gasteiger partial charge in [0.1, 0.15) is 0 Å². The van der Waals surface area contributed by atoms with Gasteiger partial charge in [0, 0.05) is 26.1 Å². The Morgan fingerprint density at radius 3 is 2.17 bits per heavy atom. The number of nitrogens with zero attached hydrogens (tertiary/aromatic N) is 1. The number of hydrogen-bond acceptors (Lipinski definition) is 2. The Kier molecular flexibility index (Phi) is 3.35. The summed E-state index contributed by atoms with van der Waals surface area (Å²) in [4.78, 5) is 14.6. The third-order valence-electron chi connectivity index (χ3n) is 5.59. The van der Waals surface area contributed by atoms with E-state index in [0.29, 0.717) is 23.7 Å². The lowest BCUT2D eigenvalue weighted by molar-refractivity contribution is -0.147. The average molecular weight is 250 g/mol. The second-order valence-electron chi connectivity index (χ2n) is 6.82. The minimum absolute atomic E-state index is 0.361. The van der Waals surface area contributed by atoms with Gasteiger partial charge in [0.2, 0.25) is 5.91 Å². The maximum atomic E-state index is 12.6. The molecule has 4 rings (SSSR count). The Morgan fingerprint density at radius 1 is 1.11 bits per heavy atom. The van der Waals surface area contributed by atoms with E-state index >= 15 is 0 Å². The lowest BCUT2D eigenvalue weighted by atomic mass is 9.51. The smallest absolute Gasteiger partial charge is 0.226 e. The molecule has 4 aliphatic rings. The average Bonchev–Trinajstić information content (AvgIpc) is 2.34. The molecule has 0 aromatic carbocycles. The lowest BCUT2D eigenvalue weighted by Crippen LogP contribution is -2.51. The van der Waals surface area contributed by atoms with E-state index in [9.17, 15) is 4.79 Å². The molecule has 18 heavy (non-hydrogen) atoms. The summed E-state index contributed by atoms with van der Waals surface area (Å²) in [7, 11) is 3.92. The fourth-order valence-electron chi connectivity index (χ4n) is 4.97. The van der Waals surface area contributed by atoms with Crippen LogP contribution in [0.25, 0.3) is 0 Å². The highest BCUT2D eigenvalue weighted by atomic mass is 16.2. The Hall–Kier alpha value is -0.570. The van der Waals surface area contributed by atoms with Crippen LogP contribution in [0.5, 0.6) is 0 Å². The van der Waals surface area contributed by atoms with Crippen LogP contribution in [-0.2, 0) is 4.79 Å². The van der Waals surface area contributed by atoms with Crippen molar-refractivity contribution in [3.05, 3.63) is 0 Å². The highest BCUT2D eigenvalue weighted by Gasteiger charge is 2.51. The molecule has 0 saturated heterocycles. The fraction of sp³-hybridized carbons (Fsp3) is 0.933. The Bertz CT molecular complexity index is 300. The van der Waals surface area contributed by atoms with Gasteiger partial charge in [-0.15, -0.1) is 0 Å². The molecule has 4 saturated carbocycles. The molecule has 3 nitrogen and oxygen atoms in total. The highest BCUT2D eigenvalue weighted by molar-refractivity contribution is 5.79. The van der Waals surface area contributed by atoms with Crippen LogP contribution in [-0.4, -0.2) is 38.0 Å². The molecular weight excluding hydrogens is 224 g/mol. The van der Waals surface area contributed by atoms with Crippen molar-refractivity contribution in [2.75, 3.05) is 27.2 Å². The van der Waals surface area contributed by atoms with E-state index in [-0.39, 0.29) is 0 Å². The van der Waals surface area contributed by atoms with Crippen LogP contribution in [0, 0.1) is 29.6 Å². The van der Waals surface area contributed by atoms with Crippen molar-refractivity contribution in [2.45, 2.75) is 32.1 Å². The van der Waals surface area contributed by atoms with Gasteiger partial charge < -0.3 is 10.2 Å². The van der Waals surface area contributed by atoms with Crippen molar-refractivity contribution in [1.82, 2.24) is 10.2 Å². The van der Waals surface area contributed by atoms with Gasteiger partial charge in [-0.25, -0.2) is 0 Å². The number of likely N-dealkylation sites (N-methyl/N-ethyl adjacent to an activating group) is 2. The topological polar surface area (TPSA) is 32.3 Å². The minimum atomic E-state index is 0.361. The number of carbonyl (C=O) groups is 1. The predicted molar refractivity (Wildman–Crippen MR) is 72.1 cm³/mol. The summed E-state index contributed by atoms with van der Waals surface area (Å²) in [6, 6.07) is 0. The van der Waals surface area contributed by atoms with Gasteiger partial charge in [0.25, 0.3) is 0 Å². The maximum absolute atomic E-state index is 12.6. The van der Waals surface area contributed by atoms with Crippen LogP contribution >= 0.6 is 0 Å². The summed E-state index contributed by atoms with van der Waals surface area (Å²) >= 11 is 0. The number of carbonyl (C=O) groups excluding carboxylic acids is 1. The molecule has 0 heterocycles. The van der Waals surface area contributed by atoms with Crippen molar-refractivity contribution in [1.29, 1.82) is 0 Å². The van der Waals surface area contributed by atoms with E-state index < -0.39 is 0 Å². The van der Waals surface area contributed by atoms with Crippen molar-refractivity contribution < 1.29 is 4.79 Å². The molecule has 0 atom stereocenters. The number of amides is 1. The summed E-state index contributed by atoms with van der Waals surface area (Å²) < 4.78 is 0. The first-order valence-electron chi connectivity index (χ1n) is 7.58. The van der Waals surface area contributed by atoms with Crippen LogP contribution in [0.4, 0.5) is 0 Å². The van der Waals surface area contributed by atoms with E-state index in [4.69, 9.17) is 0 Å². The highest BCUT2D eigenvalue weighted by Crippen LogP contribution is 2.56. The van der Waals surface area contributed by atoms with Crippen molar-refractivity contribution in [3.8, 4) is 0 Å². The van der Waals surface area contributed by atoms with Crippen molar-refractivity contribution >= 4 is 5.91 Å². The summed E-state index contributed by atoms with van der Waals surface area (Å²) in [6.45, 7) is 1.74. The molecule has 0 aromatic heterocycles. The third-order valence-corrected chi connectivity index (χ3v) is 5.59. The second kappa shape index (κ2) is 4.84. The normalized spacial score (nSPS) is 41.1. The van der Waals surface area contributed by atoms with E-state index in [1.54, 1.807) is 0 Å². The van der Waals surface area contributed by atoms with E-state index in [1.807, 2.05) is 19.0 Å². The van der Waals surface area contributed by atoms with Gasteiger partial charge in [0.05, 0.1) is 0 Å². The molecule has 4 bridgehead atoms. The Morgan fingerprint density at radius 2 is 1.67 bits per heavy atom. The van der Waals surface area contributed by atoms with Crippen molar-refractivity contribution in [3.63, 3.8) is 0 Å². The van der Waals surface area contributed by atoms with E-state index in [0.717, 1.165) is 24.9 Å². The molecule has 1 N–H and O–H groups in total. The third kappa shape index (κ3) is 2.07. The molecule has 3 heteroatoms. The standard InChI is InChI=1S/C15H26N2O/c1-16-3-4-17(2)15(18)14-12-6-10-5-11(8-12)9-13(14)7-10/h10-14,16H,3-9H2,1-2H3. The van der Waals surface area contributed by atoms with Crippen LogP contribution in [0.2, 0.25) is 0 Å². The van der Waals surface area contributed by atoms with Gasteiger partial charge in [-0.2, -0.15) is 0 Å². The molecule has 0 spiro atoms. The molecule has 4 fully saturated rings. The first-order chi connectivity index (χ1) is 8.69. The minimum Gasteiger partial charge on any atom is -0.344 e. The monoisotopic (exact) mass is 250 g/mol. The molecule has 0 aromatic rings. The molecular formula is C15H26N2O. The summed E-state index contributed by atoms with van der Waals surface area (Å²) in [5, 5.41) is 3.13. The van der Waals surface area contributed by atoms with Crippen LogP contribution < -0.4 is 5.32 Å². The largest absolute Gasteiger partial charge is 0.344 e. The molecule has 102 valence electrons. The van der Waals surface area contributed by atoms with Gasteiger partial charge >= 0.3 is 0 Å². The van der Waals surface area contributed by atoms with E-state index in [2.05, 4.69) is 5.32 Å². The van der Waals surface area contributed by atoms with Crippen molar-refractivity contribution in [2.24, 2.45) is 29.6 Å². The molecule has 0 aliphatic heterocycles. The van der Waals surface area contributed by atoms with Crippen LogP contribution in [0.15, 0.2) is 0 Å². The summed E-state index contributed by atoms with van der Waals surface area (Å²) in [6.07, 6.45) is 6.81. The van der Waals surface area contributed by atoms with E-state index in [1.165, 1.54) is 32.1 Å². The molecule has 0 radical (unpaired) electrons. The summed E-state index contributed by atoms with van der Waals surface area (Å²) in [5.74, 6) is 4.13.